The molecule has 1 unspecified atom stereocenters. The predicted octanol–water partition coefficient (Wildman–Crippen LogP) is 2.14. The number of hydrogen-bond donors (Lipinski definition) is 0. The molecular weight excluding hydrogens is 238 g/mol. The minimum absolute atomic E-state index is 0.473. The van der Waals surface area contributed by atoms with E-state index in [1.54, 1.807) is 10.8 Å². The van der Waals surface area contributed by atoms with Crippen molar-refractivity contribution in [3.05, 3.63) is 18.7 Å². The Morgan fingerprint density at radius 1 is 1.16 bits per heavy atom. The van der Waals surface area contributed by atoms with Gasteiger partial charge in [0.15, 0.2) is 11.5 Å². The second-order valence-electron chi connectivity index (χ2n) is 6.61. The van der Waals surface area contributed by atoms with Gasteiger partial charge in [-0.3, -0.25) is 0 Å². The van der Waals surface area contributed by atoms with E-state index in [2.05, 4.69) is 33.8 Å². The molecule has 1 atom stereocenters. The highest BCUT2D eigenvalue weighted by atomic mass is 15.3. The van der Waals surface area contributed by atoms with E-state index >= 15 is 0 Å². The molecule has 1 spiro atoms. The van der Waals surface area contributed by atoms with Gasteiger partial charge >= 0.3 is 0 Å². The van der Waals surface area contributed by atoms with Gasteiger partial charge in [-0.05, 0) is 30.1 Å². The number of anilines is 1. The molecule has 4 rings (SSSR count). The van der Waals surface area contributed by atoms with Gasteiger partial charge in [-0.25, -0.2) is 14.5 Å². The molecule has 100 valence electrons. The number of aromatic nitrogens is 4. The van der Waals surface area contributed by atoms with Gasteiger partial charge in [0.2, 0.25) is 0 Å². The second kappa shape index (κ2) is 3.46. The Hall–Kier alpha value is -1.65. The van der Waals surface area contributed by atoms with Crippen molar-refractivity contribution in [3.63, 3.8) is 0 Å². The fourth-order valence-corrected chi connectivity index (χ4v) is 3.76. The molecule has 1 aliphatic heterocycles. The molecule has 0 amide bonds. The third-order valence-corrected chi connectivity index (χ3v) is 5.50. The van der Waals surface area contributed by atoms with E-state index < -0.39 is 0 Å². The van der Waals surface area contributed by atoms with E-state index in [0.29, 0.717) is 10.8 Å². The molecule has 2 aromatic rings. The van der Waals surface area contributed by atoms with Crippen LogP contribution in [0.5, 0.6) is 0 Å². The summed E-state index contributed by atoms with van der Waals surface area (Å²) in [6.07, 6.45) is 9.24. The largest absolute Gasteiger partial charge is 0.353 e. The molecule has 3 heterocycles. The van der Waals surface area contributed by atoms with Gasteiger partial charge in [0, 0.05) is 25.5 Å². The maximum Gasteiger partial charge on any atom is 0.198 e. The smallest absolute Gasteiger partial charge is 0.198 e. The first-order chi connectivity index (χ1) is 9.11. The van der Waals surface area contributed by atoms with E-state index in [1.165, 1.54) is 19.3 Å². The van der Waals surface area contributed by atoms with Crippen LogP contribution in [0.3, 0.4) is 0 Å². The maximum absolute atomic E-state index is 4.54. The average molecular weight is 257 g/mol. The Morgan fingerprint density at radius 3 is 2.74 bits per heavy atom. The maximum atomic E-state index is 4.54. The first-order valence-electron chi connectivity index (χ1n) is 7.01. The van der Waals surface area contributed by atoms with Crippen LogP contribution in [0.2, 0.25) is 0 Å². The van der Waals surface area contributed by atoms with Gasteiger partial charge < -0.3 is 4.90 Å². The van der Waals surface area contributed by atoms with Crippen molar-refractivity contribution in [3.8, 4) is 0 Å². The third-order valence-electron chi connectivity index (χ3n) is 5.50. The van der Waals surface area contributed by atoms with Crippen molar-refractivity contribution in [1.29, 1.82) is 0 Å². The van der Waals surface area contributed by atoms with Crippen LogP contribution in [0.25, 0.3) is 5.65 Å². The van der Waals surface area contributed by atoms with E-state index in [-0.39, 0.29) is 0 Å². The minimum atomic E-state index is 0.473. The first kappa shape index (κ1) is 11.2. The van der Waals surface area contributed by atoms with Gasteiger partial charge in [0.25, 0.3) is 0 Å². The first-order valence-corrected chi connectivity index (χ1v) is 7.01. The molecule has 1 aliphatic carbocycles. The number of nitrogens with zero attached hydrogens (tertiary/aromatic N) is 5. The summed E-state index contributed by atoms with van der Waals surface area (Å²) in [5, 5.41) is 4.19. The zero-order valence-electron chi connectivity index (χ0n) is 11.5. The summed E-state index contributed by atoms with van der Waals surface area (Å²) >= 11 is 0. The summed E-state index contributed by atoms with van der Waals surface area (Å²) in [6, 6.07) is 0. The van der Waals surface area contributed by atoms with Crippen molar-refractivity contribution in [2.45, 2.75) is 33.1 Å². The van der Waals surface area contributed by atoms with Gasteiger partial charge in [-0.2, -0.15) is 5.10 Å². The lowest BCUT2D eigenvalue weighted by molar-refractivity contribution is -0.0311. The molecule has 2 fully saturated rings. The van der Waals surface area contributed by atoms with Crippen LogP contribution in [0.15, 0.2) is 18.7 Å². The normalized spacial score (nSPS) is 29.1. The van der Waals surface area contributed by atoms with Crippen molar-refractivity contribution in [2.75, 3.05) is 18.0 Å². The lowest BCUT2D eigenvalue weighted by atomic mass is 9.51. The molecule has 1 saturated carbocycles. The zero-order chi connectivity index (χ0) is 13.1. The third kappa shape index (κ3) is 1.38. The summed E-state index contributed by atoms with van der Waals surface area (Å²) in [5.41, 5.74) is 1.83. The lowest BCUT2D eigenvalue weighted by Gasteiger charge is -2.54. The van der Waals surface area contributed by atoms with E-state index in [9.17, 15) is 0 Å². The van der Waals surface area contributed by atoms with Crippen LogP contribution in [0.4, 0.5) is 5.82 Å². The molecule has 0 radical (unpaired) electrons. The molecule has 2 aromatic heterocycles. The van der Waals surface area contributed by atoms with Crippen molar-refractivity contribution in [2.24, 2.45) is 10.8 Å². The Labute approximate surface area is 112 Å². The number of fused-ring (bicyclic) bond motifs is 1. The highest BCUT2D eigenvalue weighted by molar-refractivity contribution is 5.63. The van der Waals surface area contributed by atoms with Gasteiger partial charge in [-0.1, -0.05) is 13.8 Å². The summed E-state index contributed by atoms with van der Waals surface area (Å²) in [6.45, 7) is 7.01. The second-order valence-corrected chi connectivity index (χ2v) is 6.61. The van der Waals surface area contributed by atoms with Crippen molar-refractivity contribution in [1.82, 2.24) is 19.6 Å². The molecule has 5 heteroatoms. The van der Waals surface area contributed by atoms with Gasteiger partial charge in [-0.15, -0.1) is 0 Å². The fourth-order valence-electron chi connectivity index (χ4n) is 3.76. The molecule has 0 N–H and O–H groups in total. The van der Waals surface area contributed by atoms with Gasteiger partial charge in [0.05, 0.1) is 0 Å². The summed E-state index contributed by atoms with van der Waals surface area (Å²) in [7, 11) is 0. The molecule has 5 nitrogen and oxygen atoms in total. The van der Waals surface area contributed by atoms with Crippen LogP contribution in [-0.2, 0) is 0 Å². The molecule has 19 heavy (non-hydrogen) atoms. The van der Waals surface area contributed by atoms with E-state index in [1.807, 2.05) is 12.4 Å². The van der Waals surface area contributed by atoms with E-state index in [4.69, 9.17) is 0 Å². The monoisotopic (exact) mass is 257 g/mol. The predicted molar refractivity (Wildman–Crippen MR) is 73.1 cm³/mol. The molecule has 2 aliphatic rings. The Balaban J connectivity index is 1.70. The highest BCUT2D eigenvalue weighted by Gasteiger charge is 2.56. The number of hydrogen-bond acceptors (Lipinski definition) is 4. The standard InChI is InChI=1S/C14H19N5/c1-13(2)3-4-14(13)5-7-18(9-14)11-12-16-10-17-19(12)8-6-15-11/h6,8,10H,3-5,7,9H2,1-2H3. The molecule has 1 saturated heterocycles. The van der Waals surface area contributed by atoms with Crippen LogP contribution in [0.1, 0.15) is 33.1 Å². The molecule has 0 aromatic carbocycles. The van der Waals surface area contributed by atoms with Crippen LogP contribution >= 0.6 is 0 Å². The summed E-state index contributed by atoms with van der Waals surface area (Å²) < 4.78 is 1.80. The fraction of sp³-hybridized carbons (Fsp3) is 0.643. The quantitative estimate of drug-likeness (QED) is 0.785. The molecular formula is C14H19N5. The Kier molecular flexibility index (Phi) is 2.04. The Morgan fingerprint density at radius 2 is 2.05 bits per heavy atom. The topological polar surface area (TPSA) is 46.3 Å². The van der Waals surface area contributed by atoms with Crippen LogP contribution in [0, 0.1) is 10.8 Å². The molecule has 0 bridgehead atoms. The van der Waals surface area contributed by atoms with Crippen LogP contribution in [-0.4, -0.2) is 32.7 Å². The van der Waals surface area contributed by atoms with Crippen LogP contribution < -0.4 is 4.90 Å². The van der Waals surface area contributed by atoms with Crippen molar-refractivity contribution < 1.29 is 0 Å². The zero-order valence-corrected chi connectivity index (χ0v) is 11.5. The SMILES string of the molecule is CC1(C)CCC12CCN(c1nccn3ncnc13)C2. The lowest BCUT2D eigenvalue weighted by Crippen LogP contribution is -2.49. The summed E-state index contributed by atoms with van der Waals surface area (Å²) in [5.74, 6) is 0.986. The Bertz CT molecular complexity index is 632. The number of rotatable bonds is 1. The summed E-state index contributed by atoms with van der Waals surface area (Å²) in [4.78, 5) is 11.3. The highest BCUT2D eigenvalue weighted by Crippen LogP contribution is 2.61. The van der Waals surface area contributed by atoms with E-state index in [0.717, 1.165) is 24.6 Å². The van der Waals surface area contributed by atoms with Gasteiger partial charge in [0.1, 0.15) is 6.33 Å². The minimum Gasteiger partial charge on any atom is -0.353 e. The average Bonchev–Trinajstić information content (AvgIpc) is 3.05. The van der Waals surface area contributed by atoms with Crippen molar-refractivity contribution >= 4 is 11.5 Å².